The van der Waals surface area contributed by atoms with Crippen molar-refractivity contribution in [2.75, 3.05) is 6.54 Å². The molecule has 0 aromatic carbocycles. The van der Waals surface area contributed by atoms with E-state index in [1.807, 2.05) is 0 Å². The zero-order valence-electron chi connectivity index (χ0n) is 7.92. The highest BCUT2D eigenvalue weighted by atomic mass is 32.1. The number of carboxylic acids is 1. The highest BCUT2D eigenvalue weighted by Gasteiger charge is 2.34. The molecule has 0 spiro atoms. The fraction of sp³-hybridized carbons (Fsp3) is 0.444. The summed E-state index contributed by atoms with van der Waals surface area (Å²) in [6.45, 7) is -0.235. The highest BCUT2D eigenvalue weighted by molar-refractivity contribution is 7.07. The number of aliphatic carboxylic acids is 1. The van der Waals surface area contributed by atoms with Gasteiger partial charge in [0, 0.05) is 11.4 Å². The lowest BCUT2D eigenvalue weighted by Gasteiger charge is -2.18. The zero-order chi connectivity index (χ0) is 10.8. The highest BCUT2D eigenvalue weighted by Crippen LogP contribution is 2.27. The van der Waals surface area contributed by atoms with E-state index in [-0.39, 0.29) is 18.5 Å². The van der Waals surface area contributed by atoms with Crippen LogP contribution in [0.1, 0.15) is 23.3 Å². The number of carbonyl (C=O) groups excluding carboxylic acids is 1. The van der Waals surface area contributed by atoms with E-state index in [9.17, 15) is 9.59 Å². The first-order valence-corrected chi connectivity index (χ1v) is 5.53. The fourth-order valence-electron chi connectivity index (χ4n) is 1.36. The van der Waals surface area contributed by atoms with E-state index >= 15 is 0 Å². The second-order valence-corrected chi connectivity index (χ2v) is 4.15. The van der Waals surface area contributed by atoms with Gasteiger partial charge in [0.25, 0.3) is 5.91 Å². The van der Waals surface area contributed by atoms with Crippen molar-refractivity contribution >= 4 is 23.2 Å². The molecule has 0 radical (unpaired) electrons. The summed E-state index contributed by atoms with van der Waals surface area (Å²) < 4.78 is 0. The third-order valence-electron chi connectivity index (χ3n) is 2.21. The Labute approximate surface area is 90.4 Å². The van der Waals surface area contributed by atoms with Crippen molar-refractivity contribution in [3.8, 4) is 0 Å². The van der Waals surface area contributed by atoms with Gasteiger partial charge in [-0.25, -0.2) is 4.98 Å². The molecular weight excluding hydrogens is 216 g/mol. The second kappa shape index (κ2) is 3.98. The van der Waals surface area contributed by atoms with E-state index < -0.39 is 5.97 Å². The van der Waals surface area contributed by atoms with E-state index in [4.69, 9.17) is 5.11 Å². The summed E-state index contributed by atoms with van der Waals surface area (Å²) in [6.07, 6.45) is 1.78. The molecule has 0 unspecified atom stereocenters. The van der Waals surface area contributed by atoms with Gasteiger partial charge in [0.1, 0.15) is 12.2 Å². The lowest BCUT2D eigenvalue weighted by molar-refractivity contribution is -0.137. The van der Waals surface area contributed by atoms with E-state index in [0.717, 1.165) is 12.8 Å². The van der Waals surface area contributed by atoms with Crippen LogP contribution in [0.3, 0.4) is 0 Å². The summed E-state index contributed by atoms with van der Waals surface area (Å²) in [4.78, 5) is 27.7. The Bertz CT molecular complexity index is 373. The molecule has 80 valence electrons. The standard InChI is InChI=1S/C9H10N2O3S/c12-8(13)3-11(6-1-2-6)9(14)7-4-15-5-10-7/h4-6H,1-3H2,(H,12,13). The van der Waals surface area contributed by atoms with E-state index in [1.54, 1.807) is 10.9 Å². The maximum Gasteiger partial charge on any atom is 0.323 e. The third-order valence-corrected chi connectivity index (χ3v) is 2.79. The van der Waals surface area contributed by atoms with Crippen molar-refractivity contribution in [3.05, 3.63) is 16.6 Å². The van der Waals surface area contributed by atoms with Gasteiger partial charge in [-0.05, 0) is 12.8 Å². The van der Waals surface area contributed by atoms with Gasteiger partial charge in [-0.1, -0.05) is 0 Å². The Morgan fingerprint density at radius 3 is 2.80 bits per heavy atom. The largest absolute Gasteiger partial charge is 0.480 e. The van der Waals surface area contributed by atoms with Crippen molar-refractivity contribution < 1.29 is 14.7 Å². The van der Waals surface area contributed by atoms with Crippen LogP contribution in [0.5, 0.6) is 0 Å². The summed E-state index contributed by atoms with van der Waals surface area (Å²) in [5, 5.41) is 10.3. The van der Waals surface area contributed by atoms with Gasteiger partial charge in [-0.15, -0.1) is 11.3 Å². The molecule has 1 N–H and O–H groups in total. The number of thiazole rings is 1. The second-order valence-electron chi connectivity index (χ2n) is 3.43. The molecule has 15 heavy (non-hydrogen) atoms. The van der Waals surface area contributed by atoms with Crippen LogP contribution in [0, 0.1) is 0 Å². The summed E-state index contributed by atoms with van der Waals surface area (Å²) in [5.74, 6) is -1.26. The van der Waals surface area contributed by atoms with Crippen LogP contribution in [-0.4, -0.2) is 39.5 Å². The first-order valence-electron chi connectivity index (χ1n) is 4.59. The molecular formula is C9H10N2O3S. The lowest BCUT2D eigenvalue weighted by Crippen LogP contribution is -2.37. The number of carboxylic acid groups (broad SMARTS) is 1. The monoisotopic (exact) mass is 226 g/mol. The smallest absolute Gasteiger partial charge is 0.323 e. The number of amides is 1. The number of rotatable bonds is 4. The lowest BCUT2D eigenvalue weighted by atomic mass is 10.3. The minimum atomic E-state index is -0.981. The first-order chi connectivity index (χ1) is 7.18. The van der Waals surface area contributed by atoms with Crippen LogP contribution in [0.4, 0.5) is 0 Å². The predicted molar refractivity (Wildman–Crippen MR) is 53.8 cm³/mol. The molecule has 5 nitrogen and oxygen atoms in total. The van der Waals surface area contributed by atoms with Crippen molar-refractivity contribution in [3.63, 3.8) is 0 Å². The normalized spacial score (nSPS) is 14.9. The number of aromatic nitrogens is 1. The van der Waals surface area contributed by atoms with Crippen LogP contribution >= 0.6 is 11.3 Å². The Balaban J connectivity index is 2.10. The Morgan fingerprint density at radius 2 is 2.33 bits per heavy atom. The SMILES string of the molecule is O=C(O)CN(C(=O)c1cscn1)C1CC1. The predicted octanol–water partition coefficient (Wildman–Crippen LogP) is 0.832. The summed E-state index contributed by atoms with van der Waals surface area (Å²) in [6, 6.07) is 0.0929. The van der Waals surface area contributed by atoms with Crippen molar-refractivity contribution in [1.29, 1.82) is 0 Å². The van der Waals surface area contributed by atoms with E-state index in [0.29, 0.717) is 5.69 Å². The summed E-state index contributed by atoms with van der Waals surface area (Å²) >= 11 is 1.33. The molecule has 1 heterocycles. The number of carbonyl (C=O) groups is 2. The fourth-order valence-corrected chi connectivity index (χ4v) is 1.89. The van der Waals surface area contributed by atoms with E-state index in [2.05, 4.69) is 4.98 Å². The molecule has 1 aliphatic rings. The molecule has 6 heteroatoms. The van der Waals surface area contributed by atoms with Crippen LogP contribution in [0.2, 0.25) is 0 Å². The van der Waals surface area contributed by atoms with Crippen LogP contribution in [0.25, 0.3) is 0 Å². The Kier molecular flexibility index (Phi) is 2.68. The van der Waals surface area contributed by atoms with Crippen molar-refractivity contribution in [2.45, 2.75) is 18.9 Å². The molecule has 1 fully saturated rings. The summed E-state index contributed by atoms with van der Waals surface area (Å²) in [5.41, 5.74) is 1.91. The molecule has 0 bridgehead atoms. The van der Waals surface area contributed by atoms with Gasteiger partial charge in [0.2, 0.25) is 0 Å². The topological polar surface area (TPSA) is 70.5 Å². The molecule has 0 saturated heterocycles. The van der Waals surface area contributed by atoms with Gasteiger partial charge < -0.3 is 10.0 Å². The van der Waals surface area contributed by atoms with E-state index in [1.165, 1.54) is 16.2 Å². The average Bonchev–Trinajstić information content (AvgIpc) is 2.88. The molecule has 1 saturated carbocycles. The average molecular weight is 226 g/mol. The van der Waals surface area contributed by atoms with Crippen LogP contribution < -0.4 is 0 Å². The van der Waals surface area contributed by atoms with Gasteiger partial charge in [0.05, 0.1) is 5.51 Å². The number of nitrogens with zero attached hydrogens (tertiary/aromatic N) is 2. The van der Waals surface area contributed by atoms with Gasteiger partial charge in [0.15, 0.2) is 0 Å². The van der Waals surface area contributed by atoms with Crippen molar-refractivity contribution in [1.82, 2.24) is 9.88 Å². The quantitative estimate of drug-likeness (QED) is 0.825. The zero-order valence-corrected chi connectivity index (χ0v) is 8.74. The Hall–Kier alpha value is -1.43. The number of hydrogen-bond acceptors (Lipinski definition) is 4. The molecule has 1 aromatic heterocycles. The van der Waals surface area contributed by atoms with Crippen LogP contribution in [0.15, 0.2) is 10.9 Å². The molecule has 2 rings (SSSR count). The van der Waals surface area contributed by atoms with Gasteiger partial charge in [-0.3, -0.25) is 9.59 Å². The Morgan fingerprint density at radius 1 is 1.60 bits per heavy atom. The van der Waals surface area contributed by atoms with Gasteiger partial charge in [-0.2, -0.15) is 0 Å². The van der Waals surface area contributed by atoms with Crippen LogP contribution in [-0.2, 0) is 4.79 Å². The molecule has 1 amide bonds. The van der Waals surface area contributed by atoms with Crippen molar-refractivity contribution in [2.24, 2.45) is 0 Å². The molecule has 0 aliphatic heterocycles. The minimum absolute atomic E-state index is 0.0929. The molecule has 1 aliphatic carbocycles. The third kappa shape index (κ3) is 2.33. The number of hydrogen-bond donors (Lipinski definition) is 1. The van der Waals surface area contributed by atoms with Gasteiger partial charge >= 0.3 is 5.97 Å². The molecule has 0 atom stereocenters. The molecule has 1 aromatic rings. The maximum absolute atomic E-state index is 11.8. The maximum atomic E-state index is 11.8. The minimum Gasteiger partial charge on any atom is -0.480 e. The summed E-state index contributed by atoms with van der Waals surface area (Å²) in [7, 11) is 0. The first kappa shape index (κ1) is 10.1.